The van der Waals surface area contributed by atoms with Crippen LogP contribution in [-0.4, -0.2) is 25.2 Å². The Morgan fingerprint density at radius 1 is 1.17 bits per heavy atom. The van der Waals surface area contributed by atoms with Crippen molar-refractivity contribution in [3.8, 4) is 0 Å². The zero-order valence-corrected chi connectivity index (χ0v) is 11.6. The Hall–Kier alpha value is -1.02. The van der Waals surface area contributed by atoms with Gasteiger partial charge in [0, 0.05) is 25.3 Å². The third-order valence-corrected chi connectivity index (χ3v) is 4.72. The third kappa shape index (κ3) is 1.93. The van der Waals surface area contributed by atoms with Gasteiger partial charge in [-0.05, 0) is 38.3 Å². The average Bonchev–Trinajstić information content (AvgIpc) is 2.80. The van der Waals surface area contributed by atoms with Crippen LogP contribution in [0.1, 0.15) is 36.8 Å². The summed E-state index contributed by atoms with van der Waals surface area (Å²) < 4.78 is 0. The molecule has 2 heteroatoms. The summed E-state index contributed by atoms with van der Waals surface area (Å²) in [6.45, 7) is 7.88. The van der Waals surface area contributed by atoms with E-state index in [-0.39, 0.29) is 0 Å². The smallest absolute Gasteiger partial charge is 0.0527 e. The molecule has 0 unspecified atom stereocenters. The minimum Gasteiger partial charge on any atom is -0.363 e. The summed E-state index contributed by atoms with van der Waals surface area (Å²) in [5, 5.41) is 3.61. The van der Waals surface area contributed by atoms with Gasteiger partial charge >= 0.3 is 0 Å². The first-order valence-electron chi connectivity index (χ1n) is 7.27. The number of benzene rings is 1. The normalized spacial score (nSPS) is 22.7. The Morgan fingerprint density at radius 2 is 1.94 bits per heavy atom. The molecular formula is C16H24N2. The topological polar surface area (TPSA) is 15.3 Å². The predicted octanol–water partition coefficient (Wildman–Crippen LogP) is 3.03. The van der Waals surface area contributed by atoms with E-state index in [4.69, 9.17) is 0 Å². The largest absolute Gasteiger partial charge is 0.363 e. The van der Waals surface area contributed by atoms with Crippen molar-refractivity contribution in [2.45, 2.75) is 45.1 Å². The molecule has 1 aliphatic heterocycles. The van der Waals surface area contributed by atoms with Crippen LogP contribution < -0.4 is 10.2 Å². The Bertz CT molecular complexity index is 433. The molecule has 1 spiro atoms. The van der Waals surface area contributed by atoms with Crippen LogP contribution in [0, 0.1) is 13.8 Å². The summed E-state index contributed by atoms with van der Waals surface area (Å²) in [4.78, 5) is 2.70. The second kappa shape index (κ2) is 4.58. The van der Waals surface area contributed by atoms with Crippen molar-refractivity contribution in [3.05, 3.63) is 29.3 Å². The first-order chi connectivity index (χ1) is 8.71. The fourth-order valence-corrected chi connectivity index (χ4v) is 3.81. The zero-order chi connectivity index (χ0) is 12.6. The van der Waals surface area contributed by atoms with Gasteiger partial charge in [-0.2, -0.15) is 0 Å². The maximum atomic E-state index is 3.61. The lowest BCUT2D eigenvalue weighted by Gasteiger charge is -2.47. The molecule has 18 heavy (non-hydrogen) atoms. The molecule has 1 aromatic carbocycles. The number of anilines is 1. The van der Waals surface area contributed by atoms with Crippen molar-refractivity contribution in [2.24, 2.45) is 0 Å². The molecule has 0 aromatic heterocycles. The monoisotopic (exact) mass is 244 g/mol. The van der Waals surface area contributed by atoms with E-state index in [1.54, 1.807) is 0 Å². The van der Waals surface area contributed by atoms with Gasteiger partial charge in [0.1, 0.15) is 0 Å². The van der Waals surface area contributed by atoms with E-state index < -0.39 is 0 Å². The molecule has 1 saturated carbocycles. The molecule has 1 N–H and O–H groups in total. The van der Waals surface area contributed by atoms with Gasteiger partial charge in [0.25, 0.3) is 0 Å². The van der Waals surface area contributed by atoms with E-state index in [0.717, 1.165) is 13.1 Å². The fraction of sp³-hybridized carbons (Fsp3) is 0.625. The van der Waals surface area contributed by atoms with Crippen molar-refractivity contribution >= 4 is 5.69 Å². The maximum absolute atomic E-state index is 3.61. The molecule has 2 nitrogen and oxygen atoms in total. The van der Waals surface area contributed by atoms with E-state index in [9.17, 15) is 0 Å². The molecule has 0 atom stereocenters. The van der Waals surface area contributed by atoms with Crippen LogP contribution in [0.4, 0.5) is 5.69 Å². The highest BCUT2D eigenvalue weighted by Gasteiger charge is 2.41. The van der Waals surface area contributed by atoms with Gasteiger partial charge in [-0.15, -0.1) is 0 Å². The average molecular weight is 244 g/mol. The Labute approximate surface area is 110 Å². The molecule has 0 amide bonds. The van der Waals surface area contributed by atoms with E-state index in [0.29, 0.717) is 5.54 Å². The second-order valence-electron chi connectivity index (χ2n) is 6.05. The number of rotatable bonds is 1. The van der Waals surface area contributed by atoms with Crippen molar-refractivity contribution in [3.63, 3.8) is 0 Å². The quantitative estimate of drug-likeness (QED) is 0.817. The molecule has 0 radical (unpaired) electrons. The molecule has 1 heterocycles. The molecule has 1 saturated heterocycles. The lowest BCUT2D eigenvalue weighted by Crippen LogP contribution is -2.60. The van der Waals surface area contributed by atoms with Gasteiger partial charge in [-0.3, -0.25) is 0 Å². The van der Waals surface area contributed by atoms with Gasteiger partial charge in [0.2, 0.25) is 0 Å². The van der Waals surface area contributed by atoms with Gasteiger partial charge in [-0.1, -0.05) is 30.5 Å². The van der Waals surface area contributed by atoms with Crippen LogP contribution in [0.15, 0.2) is 18.2 Å². The highest BCUT2D eigenvalue weighted by molar-refractivity contribution is 5.57. The van der Waals surface area contributed by atoms with Crippen LogP contribution in [0.5, 0.6) is 0 Å². The van der Waals surface area contributed by atoms with Crippen molar-refractivity contribution in [1.29, 1.82) is 0 Å². The van der Waals surface area contributed by atoms with Crippen LogP contribution in [0.25, 0.3) is 0 Å². The third-order valence-electron chi connectivity index (χ3n) is 4.72. The molecule has 2 aliphatic rings. The number of nitrogens with one attached hydrogen (secondary N) is 1. The standard InChI is InChI=1S/C16H24N2/c1-13-5-6-15(14(2)11-13)18-10-9-17-12-16(18)7-3-4-8-16/h5-6,11,17H,3-4,7-10,12H2,1-2H3. The minimum atomic E-state index is 0.401. The maximum Gasteiger partial charge on any atom is 0.0527 e. The van der Waals surface area contributed by atoms with Gasteiger partial charge in [0.05, 0.1) is 5.54 Å². The Balaban J connectivity index is 1.97. The van der Waals surface area contributed by atoms with Crippen LogP contribution in [-0.2, 0) is 0 Å². The van der Waals surface area contributed by atoms with Crippen molar-refractivity contribution < 1.29 is 0 Å². The first-order valence-corrected chi connectivity index (χ1v) is 7.27. The minimum absolute atomic E-state index is 0.401. The van der Waals surface area contributed by atoms with Crippen LogP contribution in [0.3, 0.4) is 0 Å². The van der Waals surface area contributed by atoms with E-state index in [2.05, 4.69) is 42.3 Å². The Kier molecular flexibility index (Phi) is 3.06. The van der Waals surface area contributed by atoms with Gasteiger partial charge in [-0.25, -0.2) is 0 Å². The van der Waals surface area contributed by atoms with Gasteiger partial charge < -0.3 is 10.2 Å². The summed E-state index contributed by atoms with van der Waals surface area (Å²) >= 11 is 0. The van der Waals surface area contributed by atoms with Crippen LogP contribution >= 0.6 is 0 Å². The van der Waals surface area contributed by atoms with E-state index >= 15 is 0 Å². The highest BCUT2D eigenvalue weighted by Crippen LogP contribution is 2.40. The molecule has 2 fully saturated rings. The number of piperazine rings is 1. The molecule has 98 valence electrons. The Morgan fingerprint density at radius 3 is 2.67 bits per heavy atom. The molecular weight excluding hydrogens is 220 g/mol. The van der Waals surface area contributed by atoms with Crippen LogP contribution in [0.2, 0.25) is 0 Å². The number of hydrogen-bond donors (Lipinski definition) is 1. The second-order valence-corrected chi connectivity index (χ2v) is 6.05. The molecule has 0 bridgehead atoms. The number of aryl methyl sites for hydroxylation is 2. The summed E-state index contributed by atoms with van der Waals surface area (Å²) in [7, 11) is 0. The summed E-state index contributed by atoms with van der Waals surface area (Å²) in [5.74, 6) is 0. The molecule has 1 aliphatic carbocycles. The lowest BCUT2D eigenvalue weighted by atomic mass is 9.91. The fourth-order valence-electron chi connectivity index (χ4n) is 3.81. The predicted molar refractivity (Wildman–Crippen MR) is 77.3 cm³/mol. The highest BCUT2D eigenvalue weighted by atomic mass is 15.3. The first kappa shape index (κ1) is 12.0. The van der Waals surface area contributed by atoms with E-state index in [1.165, 1.54) is 49.0 Å². The summed E-state index contributed by atoms with van der Waals surface area (Å²) in [6, 6.07) is 6.91. The number of hydrogen-bond acceptors (Lipinski definition) is 2. The SMILES string of the molecule is Cc1ccc(N2CCNCC23CCCC3)c(C)c1. The molecule has 1 aromatic rings. The zero-order valence-electron chi connectivity index (χ0n) is 11.6. The lowest BCUT2D eigenvalue weighted by molar-refractivity contribution is 0.332. The van der Waals surface area contributed by atoms with Crippen molar-refractivity contribution in [1.82, 2.24) is 5.32 Å². The summed E-state index contributed by atoms with van der Waals surface area (Å²) in [5.41, 5.74) is 4.66. The summed E-state index contributed by atoms with van der Waals surface area (Å²) in [6.07, 6.45) is 5.49. The van der Waals surface area contributed by atoms with E-state index in [1.807, 2.05) is 0 Å². The van der Waals surface area contributed by atoms with Crippen molar-refractivity contribution in [2.75, 3.05) is 24.5 Å². The number of nitrogens with zero attached hydrogens (tertiary/aromatic N) is 1. The van der Waals surface area contributed by atoms with Gasteiger partial charge in [0.15, 0.2) is 0 Å². The molecule has 3 rings (SSSR count).